The van der Waals surface area contributed by atoms with Crippen molar-refractivity contribution in [2.45, 2.75) is 51.2 Å². The third kappa shape index (κ3) is 5.06. The van der Waals surface area contributed by atoms with E-state index in [1.54, 1.807) is 4.68 Å². The number of benzene rings is 1. The van der Waals surface area contributed by atoms with Crippen molar-refractivity contribution in [3.05, 3.63) is 29.8 Å². The topological polar surface area (TPSA) is 72.7 Å². The molecule has 0 aliphatic carbocycles. The van der Waals surface area contributed by atoms with Gasteiger partial charge in [0.05, 0.1) is 11.4 Å². The van der Waals surface area contributed by atoms with Crippen LogP contribution in [-0.4, -0.2) is 37.4 Å². The number of rotatable bonds is 5. The number of hydrogen-bond donors (Lipinski definition) is 1. The van der Waals surface area contributed by atoms with Gasteiger partial charge in [0.2, 0.25) is 11.1 Å². The molecule has 0 fully saturated rings. The molecule has 0 aliphatic heterocycles. The molecular weight excluding hydrogens is 310 g/mol. The van der Waals surface area contributed by atoms with E-state index in [0.29, 0.717) is 11.1 Å². The Morgan fingerprint density at radius 3 is 2.48 bits per heavy atom. The average molecular weight is 333 g/mol. The monoisotopic (exact) mass is 333 g/mol. The van der Waals surface area contributed by atoms with E-state index in [1.807, 2.05) is 32.9 Å². The Bertz CT molecular complexity index is 658. The normalized spacial score (nSPS) is 11.7. The number of carbonyl (C=O) groups is 1. The largest absolute Gasteiger partial charge is 0.351 e. The molecule has 1 amide bonds. The SMILES string of the molecule is CC(C)c1ccc(-n2nnnc2SCC(=O)NC(C)(C)C)cc1. The van der Waals surface area contributed by atoms with Crippen LogP contribution in [0.3, 0.4) is 0 Å². The predicted octanol–water partition coefficient (Wildman–Crippen LogP) is 2.79. The van der Waals surface area contributed by atoms with Gasteiger partial charge in [-0.2, -0.15) is 4.68 Å². The van der Waals surface area contributed by atoms with Crippen LogP contribution in [0.25, 0.3) is 5.69 Å². The zero-order valence-corrected chi connectivity index (χ0v) is 15.0. The van der Waals surface area contributed by atoms with Gasteiger partial charge in [0.15, 0.2) is 0 Å². The second kappa shape index (κ2) is 7.12. The average Bonchev–Trinajstić information content (AvgIpc) is 2.92. The van der Waals surface area contributed by atoms with Crippen LogP contribution in [0.2, 0.25) is 0 Å². The summed E-state index contributed by atoms with van der Waals surface area (Å²) in [6, 6.07) is 8.13. The molecule has 0 spiro atoms. The van der Waals surface area contributed by atoms with E-state index in [0.717, 1.165) is 5.69 Å². The van der Waals surface area contributed by atoms with E-state index in [9.17, 15) is 4.79 Å². The summed E-state index contributed by atoms with van der Waals surface area (Å²) < 4.78 is 1.65. The molecule has 2 aromatic rings. The van der Waals surface area contributed by atoms with Crippen LogP contribution in [0, 0.1) is 0 Å². The summed E-state index contributed by atoms with van der Waals surface area (Å²) in [5.74, 6) is 0.724. The highest BCUT2D eigenvalue weighted by Gasteiger charge is 2.16. The minimum absolute atomic E-state index is 0.0350. The predicted molar refractivity (Wildman–Crippen MR) is 91.9 cm³/mol. The molecule has 1 aromatic carbocycles. The van der Waals surface area contributed by atoms with Gasteiger partial charge in [-0.25, -0.2) is 0 Å². The minimum atomic E-state index is -0.240. The van der Waals surface area contributed by atoms with Crippen molar-refractivity contribution in [2.24, 2.45) is 0 Å². The standard InChI is InChI=1S/C16H23N5OS/c1-11(2)12-6-8-13(9-7-12)21-15(18-19-20-21)23-10-14(22)17-16(3,4)5/h6-9,11H,10H2,1-5H3,(H,17,22). The molecule has 1 heterocycles. The molecule has 1 N–H and O–H groups in total. The van der Waals surface area contributed by atoms with E-state index < -0.39 is 0 Å². The Hall–Kier alpha value is -1.89. The number of nitrogens with zero attached hydrogens (tertiary/aromatic N) is 4. The van der Waals surface area contributed by atoms with E-state index in [2.05, 4.69) is 46.8 Å². The van der Waals surface area contributed by atoms with Crippen LogP contribution >= 0.6 is 11.8 Å². The molecular formula is C16H23N5OS. The number of hydrogen-bond acceptors (Lipinski definition) is 5. The fourth-order valence-electron chi connectivity index (χ4n) is 2.02. The molecule has 2 rings (SSSR count). The van der Waals surface area contributed by atoms with Gasteiger partial charge in [-0.3, -0.25) is 4.79 Å². The first-order valence-electron chi connectivity index (χ1n) is 7.59. The highest BCUT2D eigenvalue weighted by molar-refractivity contribution is 7.99. The molecule has 0 saturated carbocycles. The lowest BCUT2D eigenvalue weighted by molar-refractivity contribution is -0.119. The smallest absolute Gasteiger partial charge is 0.230 e. The van der Waals surface area contributed by atoms with E-state index in [1.165, 1.54) is 17.3 Å². The maximum absolute atomic E-state index is 11.9. The molecule has 23 heavy (non-hydrogen) atoms. The molecule has 1 aromatic heterocycles. The van der Waals surface area contributed by atoms with Crippen LogP contribution in [0.5, 0.6) is 0 Å². The van der Waals surface area contributed by atoms with Crippen LogP contribution in [0.15, 0.2) is 29.4 Å². The summed E-state index contributed by atoms with van der Waals surface area (Å²) in [5, 5.41) is 15.3. The summed E-state index contributed by atoms with van der Waals surface area (Å²) in [6.07, 6.45) is 0. The summed E-state index contributed by atoms with van der Waals surface area (Å²) in [5.41, 5.74) is 1.91. The molecule has 0 bridgehead atoms. The quantitative estimate of drug-likeness (QED) is 0.852. The first-order chi connectivity index (χ1) is 10.8. The van der Waals surface area contributed by atoms with Crippen molar-refractivity contribution < 1.29 is 4.79 Å². The summed E-state index contributed by atoms with van der Waals surface area (Å²) in [4.78, 5) is 11.9. The lowest BCUT2D eigenvalue weighted by Crippen LogP contribution is -2.41. The van der Waals surface area contributed by atoms with Crippen molar-refractivity contribution in [1.29, 1.82) is 0 Å². The van der Waals surface area contributed by atoms with Crippen molar-refractivity contribution in [3.63, 3.8) is 0 Å². The van der Waals surface area contributed by atoms with Crippen LogP contribution in [0.1, 0.15) is 46.1 Å². The summed E-state index contributed by atoms with van der Waals surface area (Å²) >= 11 is 1.32. The minimum Gasteiger partial charge on any atom is -0.351 e. The van der Waals surface area contributed by atoms with Gasteiger partial charge in [0, 0.05) is 5.54 Å². The molecule has 6 nitrogen and oxygen atoms in total. The fraction of sp³-hybridized carbons (Fsp3) is 0.500. The number of aromatic nitrogens is 4. The Morgan fingerprint density at radius 2 is 1.91 bits per heavy atom. The molecule has 0 aliphatic rings. The van der Waals surface area contributed by atoms with E-state index in [4.69, 9.17) is 0 Å². The van der Waals surface area contributed by atoms with Gasteiger partial charge < -0.3 is 5.32 Å². The highest BCUT2D eigenvalue weighted by Crippen LogP contribution is 2.20. The summed E-state index contributed by atoms with van der Waals surface area (Å²) in [6.45, 7) is 10.2. The molecule has 0 saturated heterocycles. The Morgan fingerprint density at radius 1 is 1.26 bits per heavy atom. The zero-order chi connectivity index (χ0) is 17.0. The van der Waals surface area contributed by atoms with Crippen molar-refractivity contribution in [1.82, 2.24) is 25.5 Å². The Balaban J connectivity index is 2.06. The van der Waals surface area contributed by atoms with Crippen molar-refractivity contribution in [3.8, 4) is 5.69 Å². The maximum atomic E-state index is 11.9. The Labute approximate surface area is 141 Å². The zero-order valence-electron chi connectivity index (χ0n) is 14.2. The van der Waals surface area contributed by atoms with Gasteiger partial charge in [0.25, 0.3) is 0 Å². The van der Waals surface area contributed by atoms with Gasteiger partial charge in [0.1, 0.15) is 0 Å². The first-order valence-corrected chi connectivity index (χ1v) is 8.57. The van der Waals surface area contributed by atoms with Crippen LogP contribution in [0.4, 0.5) is 0 Å². The molecule has 124 valence electrons. The van der Waals surface area contributed by atoms with Crippen molar-refractivity contribution in [2.75, 3.05) is 5.75 Å². The number of amides is 1. The van der Waals surface area contributed by atoms with Crippen molar-refractivity contribution >= 4 is 17.7 Å². The third-order valence-electron chi connectivity index (χ3n) is 3.09. The second-order valence-electron chi connectivity index (χ2n) is 6.71. The number of carbonyl (C=O) groups excluding carboxylic acids is 1. The fourth-order valence-corrected chi connectivity index (χ4v) is 2.71. The number of nitrogens with one attached hydrogen (secondary N) is 1. The summed E-state index contributed by atoms with van der Waals surface area (Å²) in [7, 11) is 0. The van der Waals surface area contributed by atoms with Gasteiger partial charge in [-0.1, -0.05) is 37.7 Å². The molecule has 0 unspecified atom stereocenters. The van der Waals surface area contributed by atoms with Gasteiger partial charge >= 0.3 is 0 Å². The van der Waals surface area contributed by atoms with Gasteiger partial charge in [-0.15, -0.1) is 5.10 Å². The second-order valence-corrected chi connectivity index (χ2v) is 7.65. The first kappa shape index (κ1) is 17.5. The maximum Gasteiger partial charge on any atom is 0.230 e. The van der Waals surface area contributed by atoms with E-state index in [-0.39, 0.29) is 17.2 Å². The molecule has 0 radical (unpaired) electrons. The highest BCUT2D eigenvalue weighted by atomic mass is 32.2. The Kier molecular flexibility index (Phi) is 5.41. The van der Waals surface area contributed by atoms with E-state index >= 15 is 0 Å². The molecule has 7 heteroatoms. The lowest BCUT2D eigenvalue weighted by atomic mass is 10.0. The third-order valence-corrected chi connectivity index (χ3v) is 4.01. The van der Waals surface area contributed by atoms with Crippen LogP contribution < -0.4 is 5.32 Å². The molecule has 0 atom stereocenters. The van der Waals surface area contributed by atoms with Gasteiger partial charge in [-0.05, 0) is 54.8 Å². The lowest BCUT2D eigenvalue weighted by Gasteiger charge is -2.20. The van der Waals surface area contributed by atoms with Crippen LogP contribution in [-0.2, 0) is 4.79 Å². The number of thioether (sulfide) groups is 1. The number of tetrazole rings is 1.